The van der Waals surface area contributed by atoms with Crippen molar-refractivity contribution >= 4 is 29.7 Å². The van der Waals surface area contributed by atoms with E-state index in [1.807, 2.05) is 13.8 Å². The van der Waals surface area contributed by atoms with Gasteiger partial charge in [0.05, 0.1) is 18.1 Å². The zero-order chi connectivity index (χ0) is 29.1. The second-order valence-corrected chi connectivity index (χ2v) is 11.1. The SMILES string of the molecule is C=C1N=C(Nc2cccn(C(C)C)c2=O)C=C(N(C)C(=O)OC(C)(C)C)N1/N=C\CC(=O)NC1CC[C@@]1(C)O. The number of aliphatic hydroxyl groups is 1. The summed E-state index contributed by atoms with van der Waals surface area (Å²) in [6.07, 6.45) is 5.25. The Morgan fingerprint density at radius 2 is 2.10 bits per heavy atom. The third-order valence-corrected chi connectivity index (χ3v) is 6.28. The summed E-state index contributed by atoms with van der Waals surface area (Å²) in [5.74, 6) is 0.351. The van der Waals surface area contributed by atoms with Crippen molar-refractivity contribution in [2.45, 2.75) is 84.1 Å². The number of aromatic nitrogens is 1. The molecule has 3 N–H and O–H groups in total. The highest BCUT2D eigenvalue weighted by molar-refractivity contribution is 6.05. The van der Waals surface area contributed by atoms with Crippen LogP contribution in [-0.2, 0) is 9.53 Å². The predicted molar refractivity (Wildman–Crippen MR) is 150 cm³/mol. The number of ether oxygens (including phenoxy) is 1. The summed E-state index contributed by atoms with van der Waals surface area (Å²) in [6, 6.07) is 3.06. The number of rotatable bonds is 7. The fourth-order valence-electron chi connectivity index (χ4n) is 3.93. The van der Waals surface area contributed by atoms with E-state index in [0.29, 0.717) is 18.5 Å². The van der Waals surface area contributed by atoms with Crippen LogP contribution in [0, 0.1) is 0 Å². The van der Waals surface area contributed by atoms with Crippen LogP contribution in [0.15, 0.2) is 57.5 Å². The molecule has 1 aromatic heterocycles. The Labute approximate surface area is 228 Å². The number of amidine groups is 1. The molecule has 0 radical (unpaired) electrons. The Hall–Kier alpha value is -3.93. The van der Waals surface area contributed by atoms with Crippen LogP contribution < -0.4 is 16.2 Å². The van der Waals surface area contributed by atoms with Crippen LogP contribution in [0.1, 0.15) is 66.8 Å². The van der Waals surface area contributed by atoms with Gasteiger partial charge in [0.25, 0.3) is 5.56 Å². The van der Waals surface area contributed by atoms with Gasteiger partial charge in [-0.05, 0) is 66.5 Å². The molecule has 2 aliphatic rings. The number of hydrogen-bond donors (Lipinski definition) is 3. The van der Waals surface area contributed by atoms with Crippen molar-refractivity contribution in [1.82, 2.24) is 19.8 Å². The van der Waals surface area contributed by atoms with Gasteiger partial charge in [0, 0.05) is 31.6 Å². The van der Waals surface area contributed by atoms with E-state index >= 15 is 0 Å². The summed E-state index contributed by atoms with van der Waals surface area (Å²) in [6.45, 7) is 14.7. The number of nitrogens with zero attached hydrogens (tertiary/aromatic N) is 5. The minimum Gasteiger partial charge on any atom is -0.443 e. The van der Waals surface area contributed by atoms with Gasteiger partial charge in [-0.2, -0.15) is 10.1 Å². The molecule has 1 saturated carbocycles. The molecule has 1 aliphatic carbocycles. The lowest BCUT2D eigenvalue weighted by Crippen LogP contribution is -2.58. The van der Waals surface area contributed by atoms with Gasteiger partial charge >= 0.3 is 6.09 Å². The van der Waals surface area contributed by atoms with E-state index in [1.54, 1.807) is 50.6 Å². The quantitative estimate of drug-likeness (QED) is 0.451. The third kappa shape index (κ3) is 7.34. The Morgan fingerprint density at radius 3 is 2.67 bits per heavy atom. The van der Waals surface area contributed by atoms with Crippen LogP contribution in [0.5, 0.6) is 0 Å². The summed E-state index contributed by atoms with van der Waals surface area (Å²) in [7, 11) is 1.51. The van der Waals surface area contributed by atoms with Crippen LogP contribution in [0.4, 0.5) is 10.5 Å². The van der Waals surface area contributed by atoms with Gasteiger partial charge < -0.3 is 25.0 Å². The Morgan fingerprint density at radius 1 is 1.41 bits per heavy atom. The van der Waals surface area contributed by atoms with Crippen LogP contribution >= 0.6 is 0 Å². The summed E-state index contributed by atoms with van der Waals surface area (Å²) in [5.41, 5.74) is -1.58. The number of amides is 2. The van der Waals surface area contributed by atoms with Crippen molar-refractivity contribution in [3.8, 4) is 0 Å². The van der Waals surface area contributed by atoms with E-state index < -0.39 is 17.3 Å². The van der Waals surface area contributed by atoms with E-state index in [4.69, 9.17) is 4.74 Å². The molecule has 1 unspecified atom stereocenters. The summed E-state index contributed by atoms with van der Waals surface area (Å²) < 4.78 is 7.10. The van der Waals surface area contributed by atoms with Crippen molar-refractivity contribution < 1.29 is 19.4 Å². The minimum atomic E-state index is -0.907. The standard InChI is InChI=1S/C27H39N7O5/c1-17(2)33-15-9-10-19(24(33)36)30-21-16-23(32(8)25(37)39-26(4,5)6)34(18(3)29-21)28-14-12-22(35)31-20-11-13-27(20,7)38/h9-10,14-17,20,38H,3,11-13H2,1-2,4-8H3,(H,29,30)(H,31,35)/b28-14-/t20?,27-/m1/s1. The molecule has 1 aliphatic heterocycles. The van der Waals surface area contributed by atoms with E-state index in [1.165, 1.54) is 29.2 Å². The van der Waals surface area contributed by atoms with E-state index in [0.717, 1.165) is 0 Å². The second kappa shape index (κ2) is 11.4. The Kier molecular flexibility index (Phi) is 8.69. The number of carbonyl (C=O) groups is 2. The number of carbonyl (C=O) groups excluding carboxylic acids is 2. The van der Waals surface area contributed by atoms with Crippen molar-refractivity contribution in [2.24, 2.45) is 10.1 Å². The third-order valence-electron chi connectivity index (χ3n) is 6.28. The van der Waals surface area contributed by atoms with Gasteiger partial charge in [0.15, 0.2) is 5.82 Å². The van der Waals surface area contributed by atoms with E-state index in [-0.39, 0.29) is 47.4 Å². The normalized spacial score (nSPS) is 21.3. The van der Waals surface area contributed by atoms with Crippen LogP contribution in [0.25, 0.3) is 0 Å². The molecule has 0 saturated heterocycles. The van der Waals surface area contributed by atoms with E-state index in [9.17, 15) is 19.5 Å². The first-order valence-electron chi connectivity index (χ1n) is 12.9. The summed E-state index contributed by atoms with van der Waals surface area (Å²) >= 11 is 0. The first-order chi connectivity index (χ1) is 18.1. The summed E-state index contributed by atoms with van der Waals surface area (Å²) in [4.78, 5) is 43.8. The maximum absolute atomic E-state index is 12.9. The lowest BCUT2D eigenvalue weighted by molar-refractivity contribution is -0.126. The van der Waals surface area contributed by atoms with Gasteiger partial charge in [0.2, 0.25) is 5.91 Å². The molecule has 1 fully saturated rings. The maximum Gasteiger partial charge on any atom is 0.415 e. The molecule has 212 valence electrons. The number of pyridine rings is 1. The van der Waals surface area contributed by atoms with Crippen molar-refractivity contribution in [1.29, 1.82) is 0 Å². The van der Waals surface area contributed by atoms with Gasteiger partial charge in [-0.3, -0.25) is 14.5 Å². The highest BCUT2D eigenvalue weighted by atomic mass is 16.6. The molecule has 0 aromatic carbocycles. The highest BCUT2D eigenvalue weighted by Gasteiger charge is 2.41. The van der Waals surface area contributed by atoms with Gasteiger partial charge in [-0.25, -0.2) is 9.79 Å². The Bertz CT molecular complexity index is 1270. The monoisotopic (exact) mass is 541 g/mol. The Balaban J connectivity index is 1.84. The number of aliphatic imine (C=N–C) groups is 1. The van der Waals surface area contributed by atoms with Crippen LogP contribution in [0.3, 0.4) is 0 Å². The fraction of sp³-hybridized carbons (Fsp3) is 0.519. The molecule has 2 amide bonds. The lowest BCUT2D eigenvalue weighted by Gasteiger charge is -2.42. The molecular weight excluding hydrogens is 502 g/mol. The van der Waals surface area contributed by atoms with Crippen molar-refractivity contribution in [3.05, 3.63) is 53.0 Å². The largest absolute Gasteiger partial charge is 0.443 e. The molecular formula is C27H39N7O5. The minimum absolute atomic E-state index is 0.0376. The van der Waals surface area contributed by atoms with Crippen LogP contribution in [-0.4, -0.2) is 67.9 Å². The number of anilines is 1. The first kappa shape index (κ1) is 29.6. The van der Waals surface area contributed by atoms with Crippen molar-refractivity contribution in [3.63, 3.8) is 0 Å². The zero-order valence-corrected chi connectivity index (χ0v) is 23.7. The topological polar surface area (TPSA) is 141 Å². The molecule has 2 heterocycles. The second-order valence-electron chi connectivity index (χ2n) is 11.1. The first-order valence-corrected chi connectivity index (χ1v) is 12.9. The fourth-order valence-corrected chi connectivity index (χ4v) is 3.93. The number of nitrogens with one attached hydrogen (secondary N) is 2. The highest BCUT2D eigenvalue weighted by Crippen LogP contribution is 2.31. The lowest BCUT2D eigenvalue weighted by atomic mass is 9.76. The predicted octanol–water partition coefficient (Wildman–Crippen LogP) is 3.14. The molecule has 0 spiro atoms. The zero-order valence-electron chi connectivity index (χ0n) is 23.7. The van der Waals surface area contributed by atoms with Gasteiger partial charge in [-0.15, -0.1) is 0 Å². The molecule has 1 aromatic rings. The molecule has 0 bridgehead atoms. The number of hydrogen-bond acceptors (Lipinski definition) is 9. The average molecular weight is 542 g/mol. The smallest absolute Gasteiger partial charge is 0.415 e. The van der Waals surface area contributed by atoms with Crippen LogP contribution in [0.2, 0.25) is 0 Å². The molecule has 12 nitrogen and oxygen atoms in total. The maximum atomic E-state index is 12.9. The molecule has 39 heavy (non-hydrogen) atoms. The average Bonchev–Trinajstić information content (AvgIpc) is 2.82. The number of hydrazone groups is 1. The molecule has 12 heteroatoms. The van der Waals surface area contributed by atoms with Gasteiger partial charge in [0.1, 0.15) is 22.9 Å². The van der Waals surface area contributed by atoms with Crippen molar-refractivity contribution in [2.75, 3.05) is 12.4 Å². The van der Waals surface area contributed by atoms with Gasteiger partial charge in [-0.1, -0.05) is 6.58 Å². The van der Waals surface area contributed by atoms with E-state index in [2.05, 4.69) is 27.3 Å². The molecule has 2 atom stereocenters. The summed E-state index contributed by atoms with van der Waals surface area (Å²) in [5, 5.41) is 21.6. The molecule has 3 rings (SSSR count).